The van der Waals surface area contributed by atoms with Crippen molar-refractivity contribution in [2.45, 2.75) is 44.9 Å². The highest BCUT2D eigenvalue weighted by Crippen LogP contribution is 2.25. The lowest BCUT2D eigenvalue weighted by molar-refractivity contribution is 0.627. The molecule has 0 bridgehead atoms. The maximum Gasteiger partial charge on any atom is 0.0147 e. The zero-order valence-corrected chi connectivity index (χ0v) is 9.20. The van der Waals surface area contributed by atoms with Gasteiger partial charge in [-0.25, -0.2) is 0 Å². The van der Waals surface area contributed by atoms with Gasteiger partial charge in [0.15, 0.2) is 0 Å². The van der Waals surface area contributed by atoms with Crippen LogP contribution in [0.3, 0.4) is 0 Å². The average molecular weight is 232 g/mol. The topological polar surface area (TPSA) is 26.0 Å². The summed E-state index contributed by atoms with van der Waals surface area (Å²) >= 11 is 3.63. The van der Waals surface area contributed by atoms with Gasteiger partial charge in [0.25, 0.3) is 0 Å². The standard InChI is InChI=1S/C10H18BrN/c11-10-7-5-3-1-2-4-6-9(10)8-12/h1-8,12H2/b10-9-. The second-order valence-corrected chi connectivity index (χ2v) is 4.44. The highest BCUT2D eigenvalue weighted by molar-refractivity contribution is 9.11. The number of hydrogen-bond donors (Lipinski definition) is 1. The molecule has 70 valence electrons. The van der Waals surface area contributed by atoms with Gasteiger partial charge in [-0.3, -0.25) is 0 Å². The van der Waals surface area contributed by atoms with E-state index in [0.29, 0.717) is 0 Å². The summed E-state index contributed by atoms with van der Waals surface area (Å²) in [6.07, 6.45) is 9.21. The van der Waals surface area contributed by atoms with E-state index >= 15 is 0 Å². The molecule has 0 aliphatic heterocycles. The van der Waals surface area contributed by atoms with Crippen LogP contribution < -0.4 is 5.73 Å². The molecule has 0 saturated carbocycles. The molecule has 0 unspecified atom stereocenters. The number of allylic oxidation sites excluding steroid dienone is 1. The third kappa shape index (κ3) is 3.28. The molecule has 2 N–H and O–H groups in total. The number of rotatable bonds is 1. The first-order valence-corrected chi connectivity index (χ1v) is 5.70. The molecular formula is C10H18BrN. The van der Waals surface area contributed by atoms with E-state index in [1.807, 2.05) is 0 Å². The van der Waals surface area contributed by atoms with Gasteiger partial charge in [-0.15, -0.1) is 0 Å². The quantitative estimate of drug-likeness (QED) is 0.737. The molecule has 1 nitrogen and oxygen atoms in total. The Balaban J connectivity index is 2.53. The summed E-state index contributed by atoms with van der Waals surface area (Å²) in [5, 5.41) is 0. The largest absolute Gasteiger partial charge is 0.327 e. The van der Waals surface area contributed by atoms with E-state index < -0.39 is 0 Å². The van der Waals surface area contributed by atoms with Gasteiger partial charge in [-0.05, 0) is 35.7 Å². The first-order chi connectivity index (χ1) is 5.84. The first-order valence-electron chi connectivity index (χ1n) is 4.91. The molecule has 0 aromatic heterocycles. The number of hydrogen-bond acceptors (Lipinski definition) is 1. The summed E-state index contributed by atoms with van der Waals surface area (Å²) in [6.45, 7) is 0.737. The van der Waals surface area contributed by atoms with Crippen LogP contribution in [-0.2, 0) is 0 Å². The van der Waals surface area contributed by atoms with Crippen molar-refractivity contribution >= 4 is 15.9 Å². The Bertz CT molecular complexity index is 163. The molecule has 1 aliphatic carbocycles. The monoisotopic (exact) mass is 231 g/mol. The van der Waals surface area contributed by atoms with Crippen LogP contribution in [0.15, 0.2) is 10.1 Å². The molecule has 0 amide bonds. The van der Waals surface area contributed by atoms with Crippen molar-refractivity contribution in [2.24, 2.45) is 5.73 Å². The summed E-state index contributed by atoms with van der Waals surface area (Å²) in [6, 6.07) is 0. The zero-order chi connectivity index (χ0) is 8.81. The molecule has 1 rings (SSSR count). The van der Waals surface area contributed by atoms with Gasteiger partial charge in [0.1, 0.15) is 0 Å². The van der Waals surface area contributed by atoms with E-state index in [1.54, 1.807) is 0 Å². The highest BCUT2D eigenvalue weighted by Gasteiger charge is 2.05. The lowest BCUT2D eigenvalue weighted by Gasteiger charge is -2.06. The van der Waals surface area contributed by atoms with Gasteiger partial charge in [0.05, 0.1) is 0 Å². The van der Waals surface area contributed by atoms with Gasteiger partial charge in [-0.1, -0.05) is 35.2 Å². The van der Waals surface area contributed by atoms with Crippen LogP contribution in [0.25, 0.3) is 0 Å². The minimum absolute atomic E-state index is 0.737. The third-order valence-electron chi connectivity index (χ3n) is 2.50. The Morgan fingerprint density at radius 3 is 2.25 bits per heavy atom. The van der Waals surface area contributed by atoms with E-state index in [-0.39, 0.29) is 0 Å². The predicted molar refractivity (Wildman–Crippen MR) is 57.3 cm³/mol. The molecule has 0 atom stereocenters. The molecular weight excluding hydrogens is 214 g/mol. The van der Waals surface area contributed by atoms with Gasteiger partial charge in [-0.2, -0.15) is 0 Å². The summed E-state index contributed by atoms with van der Waals surface area (Å²) in [5.74, 6) is 0. The Morgan fingerprint density at radius 2 is 1.58 bits per heavy atom. The molecule has 0 aromatic carbocycles. The van der Waals surface area contributed by atoms with Crippen LogP contribution in [-0.4, -0.2) is 6.54 Å². The zero-order valence-electron chi connectivity index (χ0n) is 7.61. The van der Waals surface area contributed by atoms with Crippen molar-refractivity contribution in [3.05, 3.63) is 10.1 Å². The molecule has 0 fully saturated rings. The van der Waals surface area contributed by atoms with E-state index in [4.69, 9.17) is 5.73 Å². The van der Waals surface area contributed by atoms with Gasteiger partial charge < -0.3 is 5.73 Å². The molecule has 0 saturated heterocycles. The van der Waals surface area contributed by atoms with E-state index in [9.17, 15) is 0 Å². The second kappa shape index (κ2) is 5.76. The van der Waals surface area contributed by atoms with Crippen molar-refractivity contribution in [1.29, 1.82) is 0 Å². The maximum absolute atomic E-state index is 5.68. The predicted octanol–water partition coefficient (Wildman–Crippen LogP) is 3.34. The molecule has 0 heterocycles. The van der Waals surface area contributed by atoms with Crippen LogP contribution in [0.4, 0.5) is 0 Å². The summed E-state index contributed by atoms with van der Waals surface area (Å²) in [4.78, 5) is 0. The minimum Gasteiger partial charge on any atom is -0.327 e. The van der Waals surface area contributed by atoms with Gasteiger partial charge in [0, 0.05) is 6.54 Å². The second-order valence-electron chi connectivity index (χ2n) is 3.48. The summed E-state index contributed by atoms with van der Waals surface area (Å²) < 4.78 is 1.38. The normalized spacial score (nSPS) is 27.5. The van der Waals surface area contributed by atoms with E-state index in [1.165, 1.54) is 55.0 Å². The smallest absolute Gasteiger partial charge is 0.0147 e. The molecule has 0 spiro atoms. The SMILES string of the molecule is NC/C1=C(\Br)CCCCCCC1. The molecule has 0 radical (unpaired) electrons. The van der Waals surface area contributed by atoms with E-state index in [2.05, 4.69) is 15.9 Å². The Hall–Kier alpha value is 0.180. The Labute approximate surface area is 83.5 Å². The van der Waals surface area contributed by atoms with Crippen LogP contribution in [0, 0.1) is 0 Å². The van der Waals surface area contributed by atoms with Crippen molar-refractivity contribution < 1.29 is 0 Å². The molecule has 0 aromatic rings. The minimum atomic E-state index is 0.737. The van der Waals surface area contributed by atoms with Crippen molar-refractivity contribution in [1.82, 2.24) is 0 Å². The van der Waals surface area contributed by atoms with Crippen molar-refractivity contribution in [2.75, 3.05) is 6.54 Å². The van der Waals surface area contributed by atoms with Crippen LogP contribution >= 0.6 is 15.9 Å². The fourth-order valence-corrected chi connectivity index (χ4v) is 2.31. The number of halogens is 1. The molecule has 12 heavy (non-hydrogen) atoms. The van der Waals surface area contributed by atoms with Gasteiger partial charge in [0.2, 0.25) is 0 Å². The lowest BCUT2D eigenvalue weighted by atomic mass is 10.1. The van der Waals surface area contributed by atoms with Crippen molar-refractivity contribution in [3.63, 3.8) is 0 Å². The van der Waals surface area contributed by atoms with Gasteiger partial charge >= 0.3 is 0 Å². The van der Waals surface area contributed by atoms with Crippen molar-refractivity contribution in [3.8, 4) is 0 Å². The molecule has 1 aliphatic rings. The average Bonchev–Trinajstić information content (AvgIpc) is 2.17. The first kappa shape index (κ1) is 10.3. The van der Waals surface area contributed by atoms with Crippen LogP contribution in [0.5, 0.6) is 0 Å². The van der Waals surface area contributed by atoms with Crippen LogP contribution in [0.1, 0.15) is 44.9 Å². The molecule has 2 heteroatoms. The van der Waals surface area contributed by atoms with Crippen LogP contribution in [0.2, 0.25) is 0 Å². The maximum atomic E-state index is 5.68. The fourth-order valence-electron chi connectivity index (χ4n) is 1.67. The number of nitrogens with two attached hydrogens (primary N) is 1. The Kier molecular flexibility index (Phi) is 4.93. The van der Waals surface area contributed by atoms with E-state index in [0.717, 1.165) is 6.54 Å². The lowest BCUT2D eigenvalue weighted by Crippen LogP contribution is -2.04. The third-order valence-corrected chi connectivity index (χ3v) is 3.46. The highest BCUT2D eigenvalue weighted by atomic mass is 79.9. The summed E-state index contributed by atoms with van der Waals surface area (Å²) in [7, 11) is 0. The summed E-state index contributed by atoms with van der Waals surface area (Å²) in [5.41, 5.74) is 7.12. The fraction of sp³-hybridized carbons (Fsp3) is 0.800. The Morgan fingerprint density at radius 1 is 1.00 bits per heavy atom.